The fourth-order valence-electron chi connectivity index (χ4n) is 1.77. The molecule has 2 aromatic carbocycles. The summed E-state index contributed by atoms with van der Waals surface area (Å²) in [5.41, 5.74) is 1.43. The van der Waals surface area contributed by atoms with Crippen molar-refractivity contribution in [3.8, 4) is 0 Å². The van der Waals surface area contributed by atoms with Crippen LogP contribution in [-0.2, 0) is 9.59 Å². The smallest absolute Gasteiger partial charge is 0.237 e. The Kier molecular flexibility index (Phi) is 6.50. The Morgan fingerprint density at radius 2 is 1.61 bits per heavy atom. The van der Waals surface area contributed by atoms with Crippen LogP contribution in [0.4, 0.5) is 11.4 Å². The fourth-order valence-corrected chi connectivity index (χ4v) is 2.58. The third-order valence-electron chi connectivity index (χ3n) is 3.00. The molecule has 23 heavy (non-hydrogen) atoms. The molecule has 4 nitrogen and oxygen atoms in total. The second-order valence-corrected chi connectivity index (χ2v) is 6.63. The van der Waals surface area contributed by atoms with Crippen molar-refractivity contribution < 1.29 is 9.59 Å². The van der Waals surface area contributed by atoms with Crippen molar-refractivity contribution in [2.45, 2.75) is 12.2 Å². The van der Waals surface area contributed by atoms with Gasteiger partial charge in [-0.2, -0.15) is 0 Å². The third-order valence-corrected chi connectivity index (χ3v) is 4.40. The van der Waals surface area contributed by atoms with Crippen molar-refractivity contribution in [3.05, 3.63) is 59.6 Å². The topological polar surface area (TPSA) is 58.2 Å². The average Bonchev–Trinajstić information content (AvgIpc) is 2.55. The van der Waals surface area contributed by atoms with E-state index in [2.05, 4.69) is 10.6 Å². The maximum Gasteiger partial charge on any atom is 0.237 e. The van der Waals surface area contributed by atoms with Gasteiger partial charge >= 0.3 is 0 Å². The number of benzene rings is 2. The lowest BCUT2D eigenvalue weighted by Crippen LogP contribution is -2.25. The molecule has 0 aliphatic rings. The van der Waals surface area contributed by atoms with Crippen LogP contribution < -0.4 is 10.6 Å². The molecule has 2 rings (SSSR count). The van der Waals surface area contributed by atoms with E-state index in [1.807, 2.05) is 30.3 Å². The average molecular weight is 349 g/mol. The van der Waals surface area contributed by atoms with E-state index in [1.165, 1.54) is 11.8 Å². The molecular formula is C17H17ClN2O2S. The molecule has 1 atom stereocenters. The van der Waals surface area contributed by atoms with Crippen LogP contribution in [0.2, 0.25) is 5.02 Å². The van der Waals surface area contributed by atoms with Crippen molar-refractivity contribution in [1.29, 1.82) is 0 Å². The number of rotatable bonds is 6. The van der Waals surface area contributed by atoms with Crippen LogP contribution in [0.25, 0.3) is 0 Å². The second kappa shape index (κ2) is 8.60. The lowest BCUT2D eigenvalue weighted by atomic mass is 10.3. The lowest BCUT2D eigenvalue weighted by molar-refractivity contribution is -0.115. The summed E-state index contributed by atoms with van der Waals surface area (Å²) in [6.45, 7) is 1.78. The summed E-state index contributed by atoms with van der Waals surface area (Å²) in [5, 5.41) is 5.87. The molecule has 1 unspecified atom stereocenters. The number of thioether (sulfide) groups is 1. The van der Waals surface area contributed by atoms with Gasteiger partial charge < -0.3 is 10.6 Å². The molecular weight excluding hydrogens is 332 g/mol. The molecule has 0 aliphatic carbocycles. The minimum absolute atomic E-state index is 0.125. The standard InChI is InChI=1S/C17H17ClN2O2S/c1-12(17(22)20-14-5-3-2-4-6-14)23-11-16(21)19-15-9-7-13(18)8-10-15/h2-10,12H,11H2,1H3,(H,19,21)(H,20,22). The van der Waals surface area contributed by atoms with Gasteiger partial charge in [-0.15, -0.1) is 11.8 Å². The zero-order valence-electron chi connectivity index (χ0n) is 12.6. The predicted octanol–water partition coefficient (Wildman–Crippen LogP) is 4.04. The van der Waals surface area contributed by atoms with E-state index in [1.54, 1.807) is 31.2 Å². The summed E-state index contributed by atoms with van der Waals surface area (Å²) in [5.74, 6) is -0.0800. The first-order valence-electron chi connectivity index (χ1n) is 7.07. The first kappa shape index (κ1) is 17.4. The molecule has 0 saturated carbocycles. The molecule has 2 amide bonds. The molecule has 0 aromatic heterocycles. The van der Waals surface area contributed by atoms with E-state index in [4.69, 9.17) is 11.6 Å². The van der Waals surface area contributed by atoms with Gasteiger partial charge in [0, 0.05) is 16.4 Å². The zero-order chi connectivity index (χ0) is 16.7. The van der Waals surface area contributed by atoms with Crippen molar-refractivity contribution >= 4 is 46.6 Å². The summed E-state index contributed by atoms with van der Waals surface area (Å²) >= 11 is 7.08. The summed E-state index contributed by atoms with van der Waals surface area (Å²) < 4.78 is 0. The van der Waals surface area contributed by atoms with Crippen LogP contribution >= 0.6 is 23.4 Å². The fraction of sp³-hybridized carbons (Fsp3) is 0.176. The normalized spacial score (nSPS) is 11.6. The maximum absolute atomic E-state index is 12.0. The van der Waals surface area contributed by atoms with Crippen LogP contribution in [0, 0.1) is 0 Å². The quantitative estimate of drug-likeness (QED) is 0.828. The first-order valence-corrected chi connectivity index (χ1v) is 8.50. The van der Waals surface area contributed by atoms with Crippen molar-refractivity contribution in [3.63, 3.8) is 0 Å². The molecule has 6 heteroatoms. The van der Waals surface area contributed by atoms with Gasteiger partial charge in [-0.05, 0) is 43.3 Å². The number of carbonyl (C=O) groups excluding carboxylic acids is 2. The van der Waals surface area contributed by atoms with Crippen LogP contribution in [-0.4, -0.2) is 22.8 Å². The summed E-state index contributed by atoms with van der Waals surface area (Å²) in [4.78, 5) is 23.9. The Labute approximate surface area is 144 Å². The van der Waals surface area contributed by atoms with Crippen molar-refractivity contribution in [1.82, 2.24) is 0 Å². The second-order valence-electron chi connectivity index (χ2n) is 4.86. The van der Waals surface area contributed by atoms with Gasteiger partial charge in [0.05, 0.1) is 11.0 Å². The first-order chi connectivity index (χ1) is 11.0. The van der Waals surface area contributed by atoms with E-state index < -0.39 is 0 Å². The largest absolute Gasteiger partial charge is 0.325 e. The number of hydrogen-bond donors (Lipinski definition) is 2. The van der Waals surface area contributed by atoms with Gasteiger partial charge in [0.2, 0.25) is 11.8 Å². The number of para-hydroxylation sites is 1. The molecule has 0 heterocycles. The third kappa shape index (κ3) is 5.96. The van der Waals surface area contributed by atoms with Crippen LogP contribution in [0.15, 0.2) is 54.6 Å². The van der Waals surface area contributed by atoms with Crippen molar-refractivity contribution in [2.75, 3.05) is 16.4 Å². The molecule has 0 aliphatic heterocycles. The highest BCUT2D eigenvalue weighted by Crippen LogP contribution is 2.16. The number of nitrogens with one attached hydrogen (secondary N) is 2. The molecule has 0 saturated heterocycles. The number of hydrogen-bond acceptors (Lipinski definition) is 3. The van der Waals surface area contributed by atoms with E-state index in [-0.39, 0.29) is 22.8 Å². The summed E-state index contributed by atoms with van der Waals surface area (Å²) in [6, 6.07) is 16.1. The molecule has 0 spiro atoms. The molecule has 2 N–H and O–H groups in total. The highest BCUT2D eigenvalue weighted by molar-refractivity contribution is 8.01. The molecule has 0 radical (unpaired) electrons. The zero-order valence-corrected chi connectivity index (χ0v) is 14.2. The minimum Gasteiger partial charge on any atom is -0.325 e. The Balaban J connectivity index is 1.76. The van der Waals surface area contributed by atoms with Gasteiger partial charge in [-0.1, -0.05) is 29.8 Å². The van der Waals surface area contributed by atoms with Crippen LogP contribution in [0.5, 0.6) is 0 Å². The van der Waals surface area contributed by atoms with Crippen molar-refractivity contribution in [2.24, 2.45) is 0 Å². The summed E-state index contributed by atoms with van der Waals surface area (Å²) in [7, 11) is 0. The van der Waals surface area contributed by atoms with E-state index in [0.29, 0.717) is 10.7 Å². The number of amides is 2. The van der Waals surface area contributed by atoms with Crippen LogP contribution in [0.3, 0.4) is 0 Å². The Bertz CT molecular complexity index is 662. The van der Waals surface area contributed by atoms with Gasteiger partial charge in [-0.25, -0.2) is 0 Å². The van der Waals surface area contributed by atoms with Crippen LogP contribution in [0.1, 0.15) is 6.92 Å². The Morgan fingerprint density at radius 3 is 2.26 bits per heavy atom. The van der Waals surface area contributed by atoms with Gasteiger partial charge in [-0.3, -0.25) is 9.59 Å². The minimum atomic E-state index is -0.328. The predicted molar refractivity (Wildman–Crippen MR) is 97.1 cm³/mol. The SMILES string of the molecule is CC(SCC(=O)Nc1ccc(Cl)cc1)C(=O)Nc1ccccc1. The molecule has 120 valence electrons. The molecule has 0 fully saturated rings. The highest BCUT2D eigenvalue weighted by Gasteiger charge is 2.15. The number of halogens is 1. The van der Waals surface area contributed by atoms with E-state index in [9.17, 15) is 9.59 Å². The number of carbonyl (C=O) groups is 2. The lowest BCUT2D eigenvalue weighted by Gasteiger charge is -2.12. The Morgan fingerprint density at radius 1 is 1.00 bits per heavy atom. The van der Waals surface area contributed by atoms with Gasteiger partial charge in [0.15, 0.2) is 0 Å². The summed E-state index contributed by atoms with van der Waals surface area (Å²) in [6.07, 6.45) is 0. The number of anilines is 2. The van der Waals surface area contributed by atoms with Gasteiger partial charge in [0.25, 0.3) is 0 Å². The molecule has 2 aromatic rings. The molecule has 0 bridgehead atoms. The van der Waals surface area contributed by atoms with E-state index >= 15 is 0 Å². The monoisotopic (exact) mass is 348 g/mol. The maximum atomic E-state index is 12.0. The highest BCUT2D eigenvalue weighted by atomic mass is 35.5. The van der Waals surface area contributed by atoms with E-state index in [0.717, 1.165) is 5.69 Å². The Hall–Kier alpha value is -1.98. The van der Waals surface area contributed by atoms with Gasteiger partial charge in [0.1, 0.15) is 0 Å².